The van der Waals surface area contributed by atoms with E-state index in [1.807, 2.05) is 4.68 Å². The van der Waals surface area contributed by atoms with Crippen molar-refractivity contribution in [3.8, 4) is 0 Å². The van der Waals surface area contributed by atoms with E-state index in [-0.39, 0.29) is 12.1 Å². The monoisotopic (exact) mass is 346 g/mol. The lowest BCUT2D eigenvalue weighted by Gasteiger charge is -2.23. The van der Waals surface area contributed by atoms with Crippen molar-refractivity contribution in [3.05, 3.63) is 22.7 Å². The van der Waals surface area contributed by atoms with Gasteiger partial charge in [0.05, 0.1) is 18.3 Å². The molecular weight excluding hydrogens is 324 g/mol. The summed E-state index contributed by atoms with van der Waals surface area (Å²) in [5.41, 5.74) is 1.17. The Bertz CT molecular complexity index is 739. The van der Waals surface area contributed by atoms with E-state index in [1.54, 1.807) is 17.7 Å². The summed E-state index contributed by atoms with van der Waals surface area (Å²) in [4.78, 5) is 22.4. The van der Waals surface area contributed by atoms with Gasteiger partial charge in [-0.3, -0.25) is 5.32 Å². The average Bonchev–Trinajstić information content (AvgIpc) is 3.19. The van der Waals surface area contributed by atoms with Gasteiger partial charge in [0, 0.05) is 11.3 Å². The van der Waals surface area contributed by atoms with Gasteiger partial charge in [-0.15, -0.1) is 11.3 Å². The second-order valence-electron chi connectivity index (χ2n) is 6.60. The Morgan fingerprint density at radius 1 is 1.42 bits per heavy atom. The second kappa shape index (κ2) is 6.51. The Labute approximate surface area is 144 Å². The van der Waals surface area contributed by atoms with Gasteiger partial charge in [0.1, 0.15) is 12.2 Å². The van der Waals surface area contributed by atoms with E-state index < -0.39 is 0 Å². The van der Waals surface area contributed by atoms with Crippen molar-refractivity contribution in [2.24, 2.45) is 5.92 Å². The minimum Gasteiger partial charge on any atom is -0.333 e. The van der Waals surface area contributed by atoms with Crippen LogP contribution in [-0.4, -0.2) is 31.8 Å². The zero-order valence-electron chi connectivity index (χ0n) is 13.8. The number of aromatic nitrogens is 4. The Morgan fingerprint density at radius 3 is 3.21 bits per heavy atom. The number of carbonyl (C=O) groups is 1. The number of aryl methyl sites for hydroxylation is 2. The number of carbonyl (C=O) groups excluding carboxylic acids is 1. The highest BCUT2D eigenvalue weighted by Crippen LogP contribution is 2.33. The molecule has 8 heteroatoms. The van der Waals surface area contributed by atoms with Crippen LogP contribution in [0.1, 0.15) is 42.6 Å². The van der Waals surface area contributed by atoms with Gasteiger partial charge in [-0.1, -0.05) is 13.3 Å². The van der Waals surface area contributed by atoms with Crippen LogP contribution in [0.2, 0.25) is 0 Å². The molecule has 0 spiro atoms. The summed E-state index contributed by atoms with van der Waals surface area (Å²) in [6.45, 7) is 2.92. The topological polar surface area (TPSA) is 84.7 Å². The molecule has 0 fully saturated rings. The minimum absolute atomic E-state index is 0.0817. The van der Waals surface area contributed by atoms with Crippen LogP contribution in [0.15, 0.2) is 6.33 Å². The standard InChI is InChI=1S/C16H22N6OS/c1-2-10-3-5-12-13(7-10)24-16(20-12)21-15(23)19-11-4-6-14-17-9-18-22(14)8-11/h9-11H,2-8H2,1H3,(H2,19,20,21,23). The Morgan fingerprint density at radius 2 is 2.33 bits per heavy atom. The zero-order valence-corrected chi connectivity index (χ0v) is 14.6. The Balaban J connectivity index is 1.35. The fraction of sp³-hybridized carbons (Fsp3) is 0.625. The molecule has 2 N–H and O–H groups in total. The summed E-state index contributed by atoms with van der Waals surface area (Å²) in [7, 11) is 0. The van der Waals surface area contributed by atoms with Crippen LogP contribution >= 0.6 is 11.3 Å². The number of hydrogen-bond acceptors (Lipinski definition) is 5. The highest BCUT2D eigenvalue weighted by molar-refractivity contribution is 7.15. The number of urea groups is 1. The summed E-state index contributed by atoms with van der Waals surface area (Å²) in [5.74, 6) is 1.75. The van der Waals surface area contributed by atoms with E-state index >= 15 is 0 Å². The minimum atomic E-state index is -0.179. The van der Waals surface area contributed by atoms with Gasteiger partial charge in [-0.25, -0.2) is 19.4 Å². The SMILES string of the molecule is CCC1CCc2nc(NC(=O)NC3CCc4ncnn4C3)sc2C1. The number of nitrogens with one attached hydrogen (secondary N) is 2. The van der Waals surface area contributed by atoms with E-state index in [0.29, 0.717) is 11.7 Å². The van der Waals surface area contributed by atoms with E-state index in [9.17, 15) is 4.79 Å². The number of amides is 2. The molecule has 128 valence electrons. The summed E-state index contributed by atoms with van der Waals surface area (Å²) in [6, 6.07) is -0.0973. The van der Waals surface area contributed by atoms with E-state index in [1.165, 1.54) is 23.4 Å². The third kappa shape index (κ3) is 3.15. The predicted octanol–water partition coefficient (Wildman–Crippen LogP) is 2.39. The van der Waals surface area contributed by atoms with Crippen LogP contribution < -0.4 is 10.6 Å². The maximum absolute atomic E-state index is 12.3. The molecular formula is C16H22N6OS. The molecule has 0 radical (unpaired) electrons. The molecule has 2 aromatic heterocycles. The number of rotatable bonds is 3. The molecule has 0 saturated carbocycles. The molecule has 7 nitrogen and oxygen atoms in total. The first kappa shape index (κ1) is 15.6. The van der Waals surface area contributed by atoms with Gasteiger partial charge >= 0.3 is 6.03 Å². The molecule has 3 heterocycles. The summed E-state index contributed by atoms with van der Waals surface area (Å²) in [6.07, 6.45) is 7.86. The quantitative estimate of drug-likeness (QED) is 0.894. The van der Waals surface area contributed by atoms with Crippen molar-refractivity contribution in [2.75, 3.05) is 5.32 Å². The van der Waals surface area contributed by atoms with Gasteiger partial charge in [0.2, 0.25) is 0 Å². The molecule has 2 aromatic rings. The van der Waals surface area contributed by atoms with Crippen LogP contribution in [0.4, 0.5) is 9.93 Å². The molecule has 0 aromatic carbocycles. The highest BCUT2D eigenvalue weighted by atomic mass is 32.1. The first-order valence-corrected chi connectivity index (χ1v) is 9.45. The Hall–Kier alpha value is -1.96. The lowest BCUT2D eigenvalue weighted by atomic mass is 9.89. The molecule has 4 rings (SSSR count). The van der Waals surface area contributed by atoms with Gasteiger partial charge in [-0.05, 0) is 31.6 Å². The predicted molar refractivity (Wildman–Crippen MR) is 92.2 cm³/mol. The van der Waals surface area contributed by atoms with Crippen molar-refractivity contribution in [2.45, 2.75) is 58.0 Å². The number of fused-ring (bicyclic) bond motifs is 2. The normalized spacial score (nSPS) is 22.5. The number of anilines is 1. The van der Waals surface area contributed by atoms with Crippen LogP contribution in [0.3, 0.4) is 0 Å². The zero-order chi connectivity index (χ0) is 16.5. The number of nitrogens with zero attached hydrogens (tertiary/aromatic N) is 4. The highest BCUT2D eigenvalue weighted by Gasteiger charge is 2.24. The lowest BCUT2D eigenvalue weighted by Crippen LogP contribution is -2.43. The summed E-state index contributed by atoms with van der Waals surface area (Å²) in [5, 5.41) is 10.8. The van der Waals surface area contributed by atoms with Gasteiger partial charge < -0.3 is 5.32 Å². The van der Waals surface area contributed by atoms with Gasteiger partial charge in [0.25, 0.3) is 0 Å². The van der Waals surface area contributed by atoms with Crippen LogP contribution in [0.5, 0.6) is 0 Å². The fourth-order valence-electron chi connectivity index (χ4n) is 3.52. The molecule has 1 aliphatic heterocycles. The Kier molecular flexibility index (Phi) is 4.22. The smallest absolute Gasteiger partial charge is 0.321 e. The molecule has 0 saturated heterocycles. The largest absolute Gasteiger partial charge is 0.333 e. The van der Waals surface area contributed by atoms with Gasteiger partial charge in [0.15, 0.2) is 5.13 Å². The van der Waals surface area contributed by atoms with Crippen molar-refractivity contribution in [1.82, 2.24) is 25.1 Å². The summed E-state index contributed by atoms with van der Waals surface area (Å²) >= 11 is 1.62. The van der Waals surface area contributed by atoms with Crippen molar-refractivity contribution < 1.29 is 4.79 Å². The molecule has 1 aliphatic carbocycles. The molecule has 2 amide bonds. The number of thiazole rings is 1. The van der Waals surface area contributed by atoms with Crippen LogP contribution in [0.25, 0.3) is 0 Å². The molecule has 24 heavy (non-hydrogen) atoms. The molecule has 2 unspecified atom stereocenters. The van der Waals surface area contributed by atoms with Crippen molar-refractivity contribution >= 4 is 22.5 Å². The third-order valence-corrected chi connectivity index (χ3v) is 6.02. The maximum atomic E-state index is 12.3. The van der Waals surface area contributed by atoms with Crippen molar-refractivity contribution in [1.29, 1.82) is 0 Å². The van der Waals surface area contributed by atoms with E-state index in [2.05, 4.69) is 32.6 Å². The molecule has 0 bridgehead atoms. The van der Waals surface area contributed by atoms with E-state index in [4.69, 9.17) is 0 Å². The van der Waals surface area contributed by atoms with Crippen LogP contribution in [0, 0.1) is 5.92 Å². The second-order valence-corrected chi connectivity index (χ2v) is 7.68. The van der Waals surface area contributed by atoms with Crippen molar-refractivity contribution in [3.63, 3.8) is 0 Å². The fourth-order valence-corrected chi connectivity index (χ4v) is 4.64. The van der Waals surface area contributed by atoms with Gasteiger partial charge in [-0.2, -0.15) is 5.10 Å². The summed E-state index contributed by atoms with van der Waals surface area (Å²) < 4.78 is 1.86. The first-order chi connectivity index (χ1) is 11.7. The lowest BCUT2D eigenvalue weighted by molar-refractivity contribution is 0.243. The van der Waals surface area contributed by atoms with E-state index in [0.717, 1.165) is 37.4 Å². The first-order valence-electron chi connectivity index (χ1n) is 8.64. The van der Waals surface area contributed by atoms with Crippen LogP contribution in [-0.2, 0) is 25.8 Å². The maximum Gasteiger partial charge on any atom is 0.321 e. The number of hydrogen-bond donors (Lipinski definition) is 2. The molecule has 2 atom stereocenters. The average molecular weight is 346 g/mol. The third-order valence-electron chi connectivity index (χ3n) is 4.98. The molecule has 2 aliphatic rings.